The van der Waals surface area contributed by atoms with Gasteiger partial charge in [0.05, 0.1) is 11.7 Å². The van der Waals surface area contributed by atoms with Gasteiger partial charge in [0, 0.05) is 10.1 Å². The highest BCUT2D eigenvalue weighted by Crippen LogP contribution is 2.36. The second-order valence-electron chi connectivity index (χ2n) is 3.96. The van der Waals surface area contributed by atoms with Gasteiger partial charge in [0.2, 0.25) is 0 Å². The summed E-state index contributed by atoms with van der Waals surface area (Å²) < 4.78 is 0. The number of benzene rings is 1. The van der Waals surface area contributed by atoms with Crippen LogP contribution in [0.3, 0.4) is 0 Å². The van der Waals surface area contributed by atoms with E-state index in [-0.39, 0.29) is 11.4 Å². The second kappa shape index (κ2) is 4.89. The van der Waals surface area contributed by atoms with E-state index >= 15 is 0 Å². The van der Waals surface area contributed by atoms with Crippen molar-refractivity contribution in [1.82, 2.24) is 0 Å². The summed E-state index contributed by atoms with van der Waals surface area (Å²) in [4.78, 5) is 11.8. The van der Waals surface area contributed by atoms with Crippen LogP contribution in [0.25, 0.3) is 0 Å². The Kier molecular flexibility index (Phi) is 3.51. The van der Waals surface area contributed by atoms with Gasteiger partial charge in [-0.3, -0.25) is 0 Å². The zero-order valence-corrected chi connectivity index (χ0v) is 9.61. The highest BCUT2D eigenvalue weighted by molar-refractivity contribution is 8.00. The van der Waals surface area contributed by atoms with E-state index in [9.17, 15) is 9.90 Å². The number of rotatable bonds is 3. The Hall–Kier alpha value is -1.00. The summed E-state index contributed by atoms with van der Waals surface area (Å²) in [6.07, 6.45) is 2.51. The maximum atomic E-state index is 11.0. The van der Waals surface area contributed by atoms with Crippen molar-refractivity contribution in [3.63, 3.8) is 0 Å². The highest BCUT2D eigenvalue weighted by atomic mass is 32.2. The van der Waals surface area contributed by atoms with Gasteiger partial charge in [0.25, 0.3) is 0 Å². The maximum Gasteiger partial charge on any atom is 0.336 e. The molecular formula is C12H14O3S. The van der Waals surface area contributed by atoms with Crippen LogP contribution in [0.5, 0.6) is 0 Å². The number of thioether (sulfide) groups is 1. The molecule has 0 amide bonds. The number of aromatic carboxylic acids is 1. The van der Waals surface area contributed by atoms with Gasteiger partial charge in [-0.2, -0.15) is 0 Å². The predicted octanol–water partition coefficient (Wildman–Crippen LogP) is 2.39. The highest BCUT2D eigenvalue weighted by Gasteiger charge is 2.27. The molecule has 2 N–H and O–H groups in total. The second-order valence-corrected chi connectivity index (χ2v) is 5.24. The molecule has 16 heavy (non-hydrogen) atoms. The summed E-state index contributed by atoms with van der Waals surface area (Å²) >= 11 is 1.48. The van der Waals surface area contributed by atoms with E-state index in [4.69, 9.17) is 5.11 Å². The van der Waals surface area contributed by atoms with Gasteiger partial charge in [0.15, 0.2) is 0 Å². The molecule has 1 aliphatic rings. The lowest BCUT2D eigenvalue weighted by Gasteiger charge is -2.14. The van der Waals surface area contributed by atoms with Crippen LogP contribution >= 0.6 is 11.8 Å². The van der Waals surface area contributed by atoms with Gasteiger partial charge in [-0.1, -0.05) is 12.1 Å². The first kappa shape index (κ1) is 11.5. The van der Waals surface area contributed by atoms with E-state index in [0.717, 1.165) is 24.2 Å². The van der Waals surface area contributed by atoms with Gasteiger partial charge in [-0.05, 0) is 31.4 Å². The molecule has 2 atom stereocenters. The fraction of sp³-hybridized carbons (Fsp3) is 0.417. The number of aliphatic hydroxyl groups is 1. The van der Waals surface area contributed by atoms with Crippen LogP contribution in [0.1, 0.15) is 29.6 Å². The smallest absolute Gasteiger partial charge is 0.336 e. The quantitative estimate of drug-likeness (QED) is 0.849. The van der Waals surface area contributed by atoms with Crippen LogP contribution in [0.4, 0.5) is 0 Å². The number of aliphatic hydroxyl groups excluding tert-OH is 1. The summed E-state index contributed by atoms with van der Waals surface area (Å²) in [5.74, 6) is -0.907. The van der Waals surface area contributed by atoms with Crippen LogP contribution < -0.4 is 0 Å². The first-order valence-corrected chi connectivity index (χ1v) is 6.23. The molecule has 86 valence electrons. The van der Waals surface area contributed by atoms with E-state index in [0.29, 0.717) is 5.56 Å². The minimum Gasteiger partial charge on any atom is -0.478 e. The molecule has 0 unspecified atom stereocenters. The minimum absolute atomic E-state index is 0.139. The number of hydrogen-bond donors (Lipinski definition) is 2. The van der Waals surface area contributed by atoms with Gasteiger partial charge in [-0.25, -0.2) is 4.79 Å². The molecule has 1 saturated carbocycles. The SMILES string of the molecule is O=C(O)c1ccccc1S[C@@H]1CCC[C@H]1O. The van der Waals surface area contributed by atoms with Crippen molar-refractivity contribution in [3.8, 4) is 0 Å². The standard InChI is InChI=1S/C12H14O3S/c13-9-5-3-7-11(9)16-10-6-2-1-4-8(10)12(14)15/h1-2,4,6,9,11,13H,3,5,7H2,(H,14,15)/t9-,11-/m1/s1. The van der Waals surface area contributed by atoms with Crippen molar-refractivity contribution in [2.75, 3.05) is 0 Å². The molecule has 3 nitrogen and oxygen atoms in total. The lowest BCUT2D eigenvalue weighted by atomic mass is 10.2. The largest absolute Gasteiger partial charge is 0.478 e. The van der Waals surface area contributed by atoms with Crippen LogP contribution in [-0.4, -0.2) is 27.5 Å². The molecule has 0 saturated heterocycles. The summed E-state index contributed by atoms with van der Waals surface area (Å²) in [5.41, 5.74) is 0.326. The zero-order valence-electron chi connectivity index (χ0n) is 8.80. The maximum absolute atomic E-state index is 11.0. The Labute approximate surface area is 98.5 Å². The van der Waals surface area contributed by atoms with Crippen LogP contribution in [0.15, 0.2) is 29.2 Å². The average molecular weight is 238 g/mol. The van der Waals surface area contributed by atoms with E-state index in [1.165, 1.54) is 11.8 Å². The van der Waals surface area contributed by atoms with Gasteiger partial charge in [-0.15, -0.1) is 11.8 Å². The molecule has 1 aromatic carbocycles. The van der Waals surface area contributed by atoms with E-state index < -0.39 is 5.97 Å². The van der Waals surface area contributed by atoms with Gasteiger partial charge in [0.1, 0.15) is 0 Å². The monoisotopic (exact) mass is 238 g/mol. The number of carboxylic acid groups (broad SMARTS) is 1. The normalized spacial score (nSPS) is 24.6. The fourth-order valence-electron chi connectivity index (χ4n) is 1.95. The summed E-state index contributed by atoms with van der Waals surface area (Å²) in [6.45, 7) is 0. The summed E-state index contributed by atoms with van der Waals surface area (Å²) in [5, 5.41) is 18.9. The number of hydrogen-bond acceptors (Lipinski definition) is 3. The van der Waals surface area contributed by atoms with Crippen molar-refractivity contribution in [1.29, 1.82) is 0 Å². The molecule has 0 radical (unpaired) electrons. The van der Waals surface area contributed by atoms with Crippen molar-refractivity contribution < 1.29 is 15.0 Å². The first-order valence-electron chi connectivity index (χ1n) is 5.35. The van der Waals surface area contributed by atoms with Crippen molar-refractivity contribution >= 4 is 17.7 Å². The molecule has 4 heteroatoms. The zero-order chi connectivity index (χ0) is 11.5. The topological polar surface area (TPSA) is 57.5 Å². The predicted molar refractivity (Wildman–Crippen MR) is 62.9 cm³/mol. The molecule has 0 spiro atoms. The molecular weight excluding hydrogens is 224 g/mol. The molecule has 0 aliphatic heterocycles. The molecule has 2 rings (SSSR count). The van der Waals surface area contributed by atoms with E-state index in [1.807, 2.05) is 6.07 Å². The summed E-state index contributed by atoms with van der Waals surface area (Å²) in [7, 11) is 0. The molecule has 0 bridgehead atoms. The number of carbonyl (C=O) groups is 1. The lowest BCUT2D eigenvalue weighted by molar-refractivity contribution is 0.0693. The van der Waals surface area contributed by atoms with E-state index in [1.54, 1.807) is 18.2 Å². The number of carboxylic acids is 1. The van der Waals surface area contributed by atoms with Crippen LogP contribution in [0.2, 0.25) is 0 Å². The third kappa shape index (κ3) is 2.39. The molecule has 0 heterocycles. The fourth-order valence-corrected chi connectivity index (χ4v) is 3.30. The molecule has 0 aromatic heterocycles. The van der Waals surface area contributed by atoms with Crippen molar-refractivity contribution in [3.05, 3.63) is 29.8 Å². The Balaban J connectivity index is 2.17. The summed E-state index contributed by atoms with van der Waals surface area (Å²) in [6, 6.07) is 6.96. The molecule has 1 aromatic rings. The van der Waals surface area contributed by atoms with Crippen molar-refractivity contribution in [2.45, 2.75) is 35.5 Å². The Morgan fingerprint density at radius 3 is 2.69 bits per heavy atom. The minimum atomic E-state index is -0.907. The van der Waals surface area contributed by atoms with Crippen molar-refractivity contribution in [2.24, 2.45) is 0 Å². The van der Waals surface area contributed by atoms with Gasteiger partial charge >= 0.3 is 5.97 Å². The Bertz CT molecular complexity index is 392. The Morgan fingerprint density at radius 1 is 1.31 bits per heavy atom. The molecule has 1 aliphatic carbocycles. The average Bonchev–Trinajstić information content (AvgIpc) is 2.65. The van der Waals surface area contributed by atoms with Crippen LogP contribution in [0, 0.1) is 0 Å². The third-order valence-corrected chi connectivity index (χ3v) is 4.28. The van der Waals surface area contributed by atoms with E-state index in [2.05, 4.69) is 0 Å². The lowest BCUT2D eigenvalue weighted by Crippen LogP contribution is -2.15. The Morgan fingerprint density at radius 2 is 2.06 bits per heavy atom. The molecule has 1 fully saturated rings. The van der Waals surface area contributed by atoms with Gasteiger partial charge < -0.3 is 10.2 Å². The first-order chi connectivity index (χ1) is 7.68. The third-order valence-electron chi connectivity index (χ3n) is 2.81. The van der Waals surface area contributed by atoms with Crippen LogP contribution in [-0.2, 0) is 0 Å².